The van der Waals surface area contributed by atoms with Crippen LogP contribution in [0.15, 0.2) is 54.6 Å². The first kappa shape index (κ1) is 16.5. The summed E-state index contributed by atoms with van der Waals surface area (Å²) in [5.41, 5.74) is 3.73. The average molecular weight is 324 g/mol. The van der Waals surface area contributed by atoms with E-state index in [2.05, 4.69) is 54.4 Å². The summed E-state index contributed by atoms with van der Waals surface area (Å²) in [6, 6.07) is 19.2. The molecule has 0 saturated carbocycles. The van der Waals surface area contributed by atoms with Gasteiger partial charge in [-0.25, -0.2) is 5.06 Å². The van der Waals surface area contributed by atoms with Crippen molar-refractivity contribution in [3.8, 4) is 0 Å². The first-order chi connectivity index (χ1) is 11.6. The highest BCUT2D eigenvalue weighted by Crippen LogP contribution is 2.45. The second kappa shape index (κ2) is 7.05. The molecular formula is C20H24N2O2. The smallest absolute Gasteiger partial charge is 0.246 e. The Bertz CT molecular complexity index is 702. The molecule has 24 heavy (non-hydrogen) atoms. The first-order valence-corrected chi connectivity index (χ1v) is 8.29. The van der Waals surface area contributed by atoms with Gasteiger partial charge in [0.05, 0.1) is 13.2 Å². The summed E-state index contributed by atoms with van der Waals surface area (Å²) < 4.78 is 0. The van der Waals surface area contributed by atoms with Gasteiger partial charge < -0.3 is 4.90 Å². The van der Waals surface area contributed by atoms with Crippen LogP contribution in [0.25, 0.3) is 0 Å². The van der Waals surface area contributed by atoms with E-state index >= 15 is 0 Å². The van der Waals surface area contributed by atoms with Gasteiger partial charge in [0.15, 0.2) is 0 Å². The number of hydrogen-bond acceptors (Lipinski definition) is 3. The van der Waals surface area contributed by atoms with Crippen LogP contribution in [0.3, 0.4) is 0 Å². The van der Waals surface area contributed by atoms with E-state index < -0.39 is 0 Å². The molecule has 0 N–H and O–H groups in total. The summed E-state index contributed by atoms with van der Waals surface area (Å²) in [5, 5.41) is 1.32. The Hall–Kier alpha value is -2.33. The van der Waals surface area contributed by atoms with Crippen LogP contribution in [0.4, 0.5) is 5.69 Å². The maximum absolute atomic E-state index is 12.4. The Morgan fingerprint density at radius 1 is 1.17 bits per heavy atom. The Morgan fingerprint density at radius 2 is 1.83 bits per heavy atom. The molecule has 0 saturated heterocycles. The number of benzene rings is 2. The standard InChI is InChI=1S/C20H24N2O2/c1-21-18-12-8-7-11-17(18)16(14-20(23)22(2)24-3)13-19(21)15-9-5-4-6-10-15/h4-12,16,19H,13-14H2,1-3H3/t16-,19-/m1/s1. The average Bonchev–Trinajstić information content (AvgIpc) is 2.64. The van der Waals surface area contributed by atoms with Crippen LogP contribution in [-0.4, -0.2) is 32.2 Å². The number of anilines is 1. The third-order valence-corrected chi connectivity index (χ3v) is 4.96. The van der Waals surface area contributed by atoms with Gasteiger partial charge in [-0.05, 0) is 29.5 Å². The van der Waals surface area contributed by atoms with Crippen LogP contribution < -0.4 is 4.90 Å². The maximum Gasteiger partial charge on any atom is 0.246 e. The normalized spacial score (nSPS) is 19.7. The van der Waals surface area contributed by atoms with Crippen molar-refractivity contribution in [1.29, 1.82) is 0 Å². The number of para-hydroxylation sites is 1. The van der Waals surface area contributed by atoms with Crippen LogP contribution in [0.1, 0.15) is 35.9 Å². The molecule has 0 unspecified atom stereocenters. The molecule has 0 radical (unpaired) electrons. The van der Waals surface area contributed by atoms with Gasteiger partial charge in [-0.2, -0.15) is 0 Å². The molecule has 0 bridgehead atoms. The van der Waals surface area contributed by atoms with Crippen molar-refractivity contribution in [3.05, 3.63) is 65.7 Å². The molecule has 3 rings (SSSR count). The monoisotopic (exact) mass is 324 g/mol. The van der Waals surface area contributed by atoms with Crippen LogP contribution in [0.5, 0.6) is 0 Å². The number of rotatable bonds is 4. The molecule has 1 aliphatic rings. The van der Waals surface area contributed by atoms with Gasteiger partial charge in [0.2, 0.25) is 5.91 Å². The minimum absolute atomic E-state index is 0.00803. The van der Waals surface area contributed by atoms with Crippen LogP contribution in [-0.2, 0) is 9.63 Å². The Morgan fingerprint density at radius 3 is 2.54 bits per heavy atom. The van der Waals surface area contributed by atoms with Gasteiger partial charge in [-0.1, -0.05) is 48.5 Å². The predicted octanol–water partition coefficient (Wildman–Crippen LogP) is 3.76. The number of carbonyl (C=O) groups excluding carboxylic acids is 1. The van der Waals surface area contributed by atoms with Crippen molar-refractivity contribution in [2.75, 3.05) is 26.1 Å². The van der Waals surface area contributed by atoms with E-state index in [4.69, 9.17) is 4.84 Å². The van der Waals surface area contributed by atoms with E-state index in [1.165, 1.54) is 29.0 Å². The molecule has 1 aliphatic heterocycles. The maximum atomic E-state index is 12.4. The zero-order valence-electron chi connectivity index (χ0n) is 14.5. The Balaban J connectivity index is 1.93. The fraction of sp³-hybridized carbons (Fsp3) is 0.350. The van der Waals surface area contributed by atoms with Crippen molar-refractivity contribution < 1.29 is 9.63 Å². The molecule has 2 atom stereocenters. The summed E-state index contributed by atoms with van der Waals surface area (Å²) in [6.07, 6.45) is 1.37. The number of amides is 1. The lowest BCUT2D eigenvalue weighted by molar-refractivity contribution is -0.169. The van der Waals surface area contributed by atoms with Gasteiger partial charge in [0, 0.05) is 26.2 Å². The van der Waals surface area contributed by atoms with Gasteiger partial charge in [0.1, 0.15) is 0 Å². The quantitative estimate of drug-likeness (QED) is 0.803. The molecule has 1 amide bonds. The largest absolute Gasteiger partial charge is 0.367 e. The van der Waals surface area contributed by atoms with Gasteiger partial charge in [0.25, 0.3) is 0 Å². The highest BCUT2D eigenvalue weighted by atomic mass is 16.7. The van der Waals surface area contributed by atoms with Gasteiger partial charge in [-0.3, -0.25) is 9.63 Å². The van der Waals surface area contributed by atoms with Crippen LogP contribution >= 0.6 is 0 Å². The molecule has 0 aliphatic carbocycles. The lowest BCUT2D eigenvalue weighted by atomic mass is 9.81. The summed E-state index contributed by atoms with van der Waals surface area (Å²) >= 11 is 0. The third kappa shape index (κ3) is 3.15. The molecule has 126 valence electrons. The molecule has 0 spiro atoms. The summed E-state index contributed by atoms with van der Waals surface area (Å²) in [7, 11) is 5.32. The lowest BCUT2D eigenvalue weighted by Gasteiger charge is -2.40. The number of carbonyl (C=O) groups is 1. The zero-order chi connectivity index (χ0) is 17.1. The van der Waals surface area contributed by atoms with Crippen LogP contribution in [0.2, 0.25) is 0 Å². The van der Waals surface area contributed by atoms with Crippen molar-refractivity contribution >= 4 is 11.6 Å². The number of hydroxylamine groups is 2. The topological polar surface area (TPSA) is 32.8 Å². The van der Waals surface area contributed by atoms with E-state index in [9.17, 15) is 4.79 Å². The molecule has 2 aromatic carbocycles. The zero-order valence-corrected chi connectivity index (χ0v) is 14.5. The number of fused-ring (bicyclic) bond motifs is 1. The Labute approximate surface area is 143 Å². The number of nitrogens with zero attached hydrogens (tertiary/aromatic N) is 2. The molecule has 0 fully saturated rings. The second-order valence-corrected chi connectivity index (χ2v) is 6.31. The van der Waals surface area contributed by atoms with E-state index in [0.717, 1.165) is 6.42 Å². The molecule has 2 aromatic rings. The fourth-order valence-electron chi connectivity index (χ4n) is 3.55. The Kier molecular flexibility index (Phi) is 4.86. The van der Waals surface area contributed by atoms with E-state index in [1.54, 1.807) is 7.05 Å². The molecule has 0 aromatic heterocycles. The van der Waals surface area contributed by atoms with Crippen molar-refractivity contribution in [1.82, 2.24) is 5.06 Å². The highest BCUT2D eigenvalue weighted by Gasteiger charge is 2.32. The number of hydrogen-bond donors (Lipinski definition) is 0. The summed E-state index contributed by atoms with van der Waals surface area (Å²) in [4.78, 5) is 19.7. The van der Waals surface area contributed by atoms with E-state index in [0.29, 0.717) is 6.42 Å². The molecular weight excluding hydrogens is 300 g/mol. The molecule has 4 heteroatoms. The third-order valence-electron chi connectivity index (χ3n) is 4.96. The minimum Gasteiger partial charge on any atom is -0.367 e. The van der Waals surface area contributed by atoms with Gasteiger partial charge >= 0.3 is 0 Å². The lowest BCUT2D eigenvalue weighted by Crippen LogP contribution is -2.34. The minimum atomic E-state index is 0.00803. The molecule has 1 heterocycles. The second-order valence-electron chi connectivity index (χ2n) is 6.31. The summed E-state index contributed by atoms with van der Waals surface area (Å²) in [6.45, 7) is 0. The summed E-state index contributed by atoms with van der Waals surface area (Å²) in [5.74, 6) is 0.196. The van der Waals surface area contributed by atoms with Crippen molar-refractivity contribution in [2.24, 2.45) is 0 Å². The van der Waals surface area contributed by atoms with Crippen molar-refractivity contribution in [3.63, 3.8) is 0 Å². The van der Waals surface area contributed by atoms with Crippen molar-refractivity contribution in [2.45, 2.75) is 24.8 Å². The van der Waals surface area contributed by atoms with E-state index in [-0.39, 0.29) is 17.9 Å². The molecule has 4 nitrogen and oxygen atoms in total. The van der Waals surface area contributed by atoms with Gasteiger partial charge in [-0.15, -0.1) is 0 Å². The van der Waals surface area contributed by atoms with E-state index in [1.807, 2.05) is 12.1 Å². The fourth-order valence-corrected chi connectivity index (χ4v) is 3.55. The first-order valence-electron chi connectivity index (χ1n) is 8.29. The predicted molar refractivity (Wildman–Crippen MR) is 95.8 cm³/mol. The van der Waals surface area contributed by atoms with Crippen LogP contribution in [0, 0.1) is 0 Å². The SMILES string of the molecule is CON(C)C(=O)C[C@H]1C[C@H](c2ccccc2)N(C)c2ccccc21. The highest BCUT2D eigenvalue weighted by molar-refractivity contribution is 5.76.